The van der Waals surface area contributed by atoms with E-state index in [1.807, 2.05) is 0 Å². The number of nitrogens with zero attached hydrogens (tertiary/aromatic N) is 1. The molecule has 0 aliphatic rings. The maximum atomic E-state index is 10.7. The summed E-state index contributed by atoms with van der Waals surface area (Å²) in [7, 11) is -3.16. The van der Waals surface area contributed by atoms with Crippen molar-refractivity contribution < 1.29 is 13.7 Å². The van der Waals surface area contributed by atoms with E-state index in [-0.39, 0.29) is 0 Å². The standard InChI is InChI=1S/C9H15N2O2S2/c1-8-3-4-9(14-8)7-10-5-6-11-15(2,12)13/h3-4,10H,5-7H2,1-2H3/q-1/p+1. The number of quaternary nitrogens is 1. The number of nitrogens with two attached hydrogens (primary N) is 1. The molecule has 0 amide bonds. The minimum absolute atomic E-state index is 0.364. The van der Waals surface area contributed by atoms with Crippen molar-refractivity contribution in [3.8, 4) is 0 Å². The minimum atomic E-state index is -3.16. The Morgan fingerprint density at radius 3 is 2.73 bits per heavy atom. The Kier molecular flexibility index (Phi) is 4.72. The zero-order chi connectivity index (χ0) is 11.3. The minimum Gasteiger partial charge on any atom is -0.545 e. The number of hydrogen-bond acceptors (Lipinski definition) is 3. The van der Waals surface area contributed by atoms with Crippen LogP contribution >= 0.6 is 11.3 Å². The van der Waals surface area contributed by atoms with Crippen LogP contribution in [0.4, 0.5) is 0 Å². The van der Waals surface area contributed by atoms with Gasteiger partial charge in [-0.2, -0.15) is 0 Å². The van der Waals surface area contributed by atoms with Crippen molar-refractivity contribution in [2.75, 3.05) is 19.3 Å². The lowest BCUT2D eigenvalue weighted by atomic mass is 10.4. The molecule has 4 nitrogen and oxygen atoms in total. The number of sulfonamides is 1. The molecule has 0 saturated heterocycles. The van der Waals surface area contributed by atoms with Gasteiger partial charge in [0.25, 0.3) is 0 Å². The van der Waals surface area contributed by atoms with E-state index < -0.39 is 10.0 Å². The fraction of sp³-hybridized carbons (Fsp3) is 0.556. The number of hydrogen-bond donors (Lipinski definition) is 1. The van der Waals surface area contributed by atoms with Crippen molar-refractivity contribution in [2.24, 2.45) is 0 Å². The third kappa shape index (κ3) is 5.88. The van der Waals surface area contributed by atoms with Gasteiger partial charge in [0.1, 0.15) is 6.54 Å². The van der Waals surface area contributed by atoms with Crippen LogP contribution in [0.2, 0.25) is 0 Å². The highest BCUT2D eigenvalue weighted by molar-refractivity contribution is 7.93. The molecule has 0 spiro atoms. The third-order valence-electron chi connectivity index (χ3n) is 1.80. The Morgan fingerprint density at radius 1 is 1.47 bits per heavy atom. The van der Waals surface area contributed by atoms with E-state index in [4.69, 9.17) is 0 Å². The van der Waals surface area contributed by atoms with E-state index in [0.29, 0.717) is 13.1 Å². The predicted octanol–water partition coefficient (Wildman–Crippen LogP) is 0.453. The van der Waals surface area contributed by atoms with Crippen LogP contribution in [0.1, 0.15) is 9.75 Å². The van der Waals surface area contributed by atoms with E-state index in [2.05, 4.69) is 29.1 Å². The lowest BCUT2D eigenvalue weighted by molar-refractivity contribution is -0.667. The van der Waals surface area contributed by atoms with Crippen molar-refractivity contribution >= 4 is 21.4 Å². The average molecular weight is 248 g/mol. The van der Waals surface area contributed by atoms with Crippen LogP contribution in [0.3, 0.4) is 0 Å². The molecule has 0 saturated carbocycles. The summed E-state index contributed by atoms with van der Waals surface area (Å²) in [5.74, 6) is 0. The molecule has 2 N–H and O–H groups in total. The molecule has 6 heteroatoms. The zero-order valence-corrected chi connectivity index (χ0v) is 10.6. The smallest absolute Gasteiger partial charge is 0.111 e. The first-order chi connectivity index (χ1) is 6.97. The molecule has 1 rings (SSSR count). The predicted molar refractivity (Wildman–Crippen MR) is 62.6 cm³/mol. The molecule has 0 unspecified atom stereocenters. The molecule has 0 aromatic carbocycles. The van der Waals surface area contributed by atoms with E-state index in [1.54, 1.807) is 11.3 Å². The molecule has 0 atom stereocenters. The number of rotatable bonds is 6. The van der Waals surface area contributed by atoms with Crippen LogP contribution in [0.15, 0.2) is 12.1 Å². The molecule has 15 heavy (non-hydrogen) atoms. The van der Waals surface area contributed by atoms with Crippen molar-refractivity contribution in [1.82, 2.24) is 0 Å². The molecular formula is C9H16N2O2S2. The summed E-state index contributed by atoms with van der Waals surface area (Å²) < 4.78 is 24.9. The van der Waals surface area contributed by atoms with E-state index in [9.17, 15) is 8.42 Å². The van der Waals surface area contributed by atoms with Gasteiger partial charge in [-0.3, -0.25) is 0 Å². The summed E-state index contributed by atoms with van der Waals surface area (Å²) in [6.45, 7) is 4.05. The highest BCUT2D eigenvalue weighted by atomic mass is 32.2. The second-order valence-corrected chi connectivity index (χ2v) is 6.48. The van der Waals surface area contributed by atoms with Gasteiger partial charge < -0.3 is 10.0 Å². The van der Waals surface area contributed by atoms with Gasteiger partial charge in [-0.15, -0.1) is 11.3 Å². The van der Waals surface area contributed by atoms with Crippen molar-refractivity contribution in [3.05, 3.63) is 26.6 Å². The Bertz CT molecular complexity index is 398. The maximum absolute atomic E-state index is 10.7. The molecule has 0 aliphatic carbocycles. The summed E-state index contributed by atoms with van der Waals surface area (Å²) in [5, 5.41) is 2.07. The van der Waals surface area contributed by atoms with Crippen LogP contribution in [0, 0.1) is 6.92 Å². The lowest BCUT2D eigenvalue weighted by Gasteiger charge is -2.14. The van der Waals surface area contributed by atoms with Gasteiger partial charge >= 0.3 is 0 Å². The molecule has 0 bridgehead atoms. The van der Waals surface area contributed by atoms with Crippen LogP contribution < -0.4 is 5.32 Å². The van der Waals surface area contributed by atoms with Crippen molar-refractivity contribution in [3.63, 3.8) is 0 Å². The number of aryl methyl sites for hydroxylation is 1. The first-order valence-electron chi connectivity index (χ1n) is 4.73. The Labute approximate surface area is 94.8 Å². The Hall–Kier alpha value is -0.430. The van der Waals surface area contributed by atoms with Crippen molar-refractivity contribution in [2.45, 2.75) is 13.5 Å². The molecular weight excluding hydrogens is 232 g/mol. The molecule has 0 fully saturated rings. The molecule has 1 aromatic rings. The zero-order valence-electron chi connectivity index (χ0n) is 8.93. The fourth-order valence-corrected chi connectivity index (χ4v) is 2.47. The SMILES string of the molecule is Cc1ccc(C[NH2+]CC[N-]S(C)(=O)=O)s1. The molecule has 1 heterocycles. The van der Waals surface area contributed by atoms with Crippen LogP contribution in [0.25, 0.3) is 4.72 Å². The maximum Gasteiger partial charge on any atom is 0.111 e. The highest BCUT2D eigenvalue weighted by Gasteiger charge is 1.97. The van der Waals surface area contributed by atoms with Gasteiger partial charge in [0, 0.05) is 11.1 Å². The molecule has 0 aliphatic heterocycles. The van der Waals surface area contributed by atoms with Gasteiger partial charge in [-0.05, 0) is 19.1 Å². The van der Waals surface area contributed by atoms with Gasteiger partial charge in [-0.25, -0.2) is 8.42 Å². The fourth-order valence-electron chi connectivity index (χ4n) is 1.15. The van der Waals surface area contributed by atoms with E-state index >= 15 is 0 Å². The summed E-state index contributed by atoms with van der Waals surface area (Å²) >= 11 is 1.77. The molecule has 86 valence electrons. The van der Waals surface area contributed by atoms with Gasteiger partial charge in [0.2, 0.25) is 0 Å². The molecule has 1 aromatic heterocycles. The first kappa shape index (κ1) is 12.6. The lowest BCUT2D eigenvalue weighted by Crippen LogP contribution is -2.83. The summed E-state index contributed by atoms with van der Waals surface area (Å²) in [4.78, 5) is 2.62. The summed E-state index contributed by atoms with van der Waals surface area (Å²) in [5.41, 5.74) is 0. The monoisotopic (exact) mass is 248 g/mol. The second kappa shape index (κ2) is 5.60. The third-order valence-corrected chi connectivity index (χ3v) is 3.48. The quantitative estimate of drug-likeness (QED) is 0.743. The van der Waals surface area contributed by atoms with Crippen LogP contribution in [0.5, 0.6) is 0 Å². The highest BCUT2D eigenvalue weighted by Crippen LogP contribution is 2.13. The van der Waals surface area contributed by atoms with Crippen LogP contribution in [-0.4, -0.2) is 27.8 Å². The summed E-state index contributed by atoms with van der Waals surface area (Å²) in [6, 6.07) is 4.19. The Morgan fingerprint density at radius 2 is 2.20 bits per heavy atom. The van der Waals surface area contributed by atoms with E-state index in [1.165, 1.54) is 9.75 Å². The summed E-state index contributed by atoms with van der Waals surface area (Å²) in [6.07, 6.45) is 1.12. The van der Waals surface area contributed by atoms with Gasteiger partial charge in [0.15, 0.2) is 0 Å². The first-order valence-corrected chi connectivity index (χ1v) is 7.39. The van der Waals surface area contributed by atoms with E-state index in [0.717, 1.165) is 12.8 Å². The van der Waals surface area contributed by atoms with Crippen molar-refractivity contribution in [1.29, 1.82) is 0 Å². The normalized spacial score (nSPS) is 11.9. The Balaban J connectivity index is 2.12. The number of thiophene rings is 1. The van der Waals surface area contributed by atoms with Gasteiger partial charge in [-0.1, -0.05) is 6.54 Å². The largest absolute Gasteiger partial charge is 0.545 e. The average Bonchev–Trinajstić information content (AvgIpc) is 2.49. The van der Waals surface area contributed by atoms with Gasteiger partial charge in [0.05, 0.1) is 21.4 Å². The topological polar surface area (TPSA) is 64.8 Å². The second-order valence-electron chi connectivity index (χ2n) is 3.38. The van der Waals surface area contributed by atoms with Crippen LogP contribution in [-0.2, 0) is 16.6 Å². The molecule has 0 radical (unpaired) electrons.